The second kappa shape index (κ2) is 9.67. The normalized spacial score (nSPS) is 25.0. The minimum Gasteiger partial charge on any atom is -0.394 e. The third kappa shape index (κ3) is 5.54. The highest BCUT2D eigenvalue weighted by molar-refractivity contribution is 5.80. The van der Waals surface area contributed by atoms with E-state index in [1.54, 1.807) is 20.7 Å². The van der Waals surface area contributed by atoms with Crippen LogP contribution in [0.3, 0.4) is 0 Å². The number of rotatable bonds is 5. The minimum atomic E-state index is -0.263. The predicted molar refractivity (Wildman–Crippen MR) is 106 cm³/mol. The number of aliphatic hydroxyl groups is 1. The SMILES string of the molecule is C[C@@H]1CN([C@@H](C)CO)C(=O)CCCn2nncc2CO[C@@H]1CN(C)C(=O)C1CC1. The zero-order valence-corrected chi connectivity index (χ0v) is 17.7. The maximum Gasteiger partial charge on any atom is 0.225 e. The third-order valence-corrected chi connectivity index (χ3v) is 5.90. The Morgan fingerprint density at radius 1 is 1.45 bits per heavy atom. The number of carbonyl (C=O) groups is 2. The summed E-state index contributed by atoms with van der Waals surface area (Å²) in [6.07, 6.45) is 4.42. The van der Waals surface area contributed by atoms with Crippen LogP contribution in [-0.4, -0.2) is 80.6 Å². The molecule has 1 fully saturated rings. The van der Waals surface area contributed by atoms with Crippen LogP contribution in [0.4, 0.5) is 0 Å². The number of aliphatic hydroxyl groups excluding tert-OH is 1. The molecule has 0 unspecified atom stereocenters. The molecule has 162 valence electrons. The molecule has 1 aromatic heterocycles. The second-order valence-corrected chi connectivity index (χ2v) is 8.45. The van der Waals surface area contributed by atoms with Gasteiger partial charge in [0.25, 0.3) is 0 Å². The number of hydrogen-bond donors (Lipinski definition) is 1. The van der Waals surface area contributed by atoms with Gasteiger partial charge in [-0.15, -0.1) is 5.10 Å². The number of fused-ring (bicyclic) bond motifs is 1. The van der Waals surface area contributed by atoms with Crippen molar-refractivity contribution >= 4 is 11.8 Å². The fourth-order valence-corrected chi connectivity index (χ4v) is 3.75. The lowest BCUT2D eigenvalue weighted by Crippen LogP contribution is -2.48. The number of hydrogen-bond acceptors (Lipinski definition) is 6. The van der Waals surface area contributed by atoms with Gasteiger partial charge in [-0.05, 0) is 26.2 Å². The lowest BCUT2D eigenvalue weighted by Gasteiger charge is -2.35. The van der Waals surface area contributed by atoms with Crippen LogP contribution in [-0.2, 0) is 27.5 Å². The first kappa shape index (κ1) is 21.7. The van der Waals surface area contributed by atoms with Crippen molar-refractivity contribution in [3.8, 4) is 0 Å². The van der Waals surface area contributed by atoms with E-state index in [2.05, 4.69) is 10.3 Å². The summed E-state index contributed by atoms with van der Waals surface area (Å²) in [4.78, 5) is 28.8. The van der Waals surface area contributed by atoms with E-state index in [-0.39, 0.29) is 42.4 Å². The predicted octanol–water partition coefficient (Wildman–Crippen LogP) is 0.671. The van der Waals surface area contributed by atoms with Crippen molar-refractivity contribution in [3.63, 3.8) is 0 Å². The highest BCUT2D eigenvalue weighted by Crippen LogP contribution is 2.31. The molecule has 2 amide bonds. The van der Waals surface area contributed by atoms with Crippen LogP contribution < -0.4 is 0 Å². The van der Waals surface area contributed by atoms with E-state index < -0.39 is 0 Å². The van der Waals surface area contributed by atoms with Crippen LogP contribution in [0.1, 0.15) is 45.2 Å². The summed E-state index contributed by atoms with van der Waals surface area (Å²) in [6.45, 7) is 5.69. The first-order valence-electron chi connectivity index (χ1n) is 10.5. The fourth-order valence-electron chi connectivity index (χ4n) is 3.75. The van der Waals surface area contributed by atoms with E-state index in [4.69, 9.17) is 4.74 Å². The monoisotopic (exact) mass is 407 g/mol. The third-order valence-electron chi connectivity index (χ3n) is 5.90. The average Bonchev–Trinajstić information content (AvgIpc) is 3.46. The smallest absolute Gasteiger partial charge is 0.225 e. The van der Waals surface area contributed by atoms with Crippen molar-refractivity contribution in [2.45, 2.75) is 64.8 Å². The largest absolute Gasteiger partial charge is 0.394 e. The molecule has 0 bridgehead atoms. The van der Waals surface area contributed by atoms with Gasteiger partial charge in [0.05, 0.1) is 37.3 Å². The van der Waals surface area contributed by atoms with Crippen molar-refractivity contribution < 1.29 is 19.4 Å². The van der Waals surface area contributed by atoms with E-state index >= 15 is 0 Å². The summed E-state index contributed by atoms with van der Waals surface area (Å²) in [5, 5.41) is 17.7. The summed E-state index contributed by atoms with van der Waals surface area (Å²) in [5.41, 5.74) is 0.868. The van der Waals surface area contributed by atoms with Gasteiger partial charge in [-0.2, -0.15) is 0 Å². The standard InChI is InChI=1S/C20H33N5O4/c1-14-10-24(15(2)12-26)19(27)5-4-8-25-17(9-21-22-25)13-29-18(14)11-23(3)20(28)16-6-7-16/h9,14-16,18,26H,4-8,10-13H2,1-3H3/t14-,15+,18-/m1/s1. The first-order valence-corrected chi connectivity index (χ1v) is 10.5. The second-order valence-electron chi connectivity index (χ2n) is 8.45. The number of amides is 2. The number of carbonyl (C=O) groups excluding carboxylic acids is 2. The van der Waals surface area contributed by atoms with Gasteiger partial charge in [0.15, 0.2) is 0 Å². The lowest BCUT2D eigenvalue weighted by atomic mass is 10.0. The van der Waals surface area contributed by atoms with E-state index in [0.717, 1.165) is 18.5 Å². The Bertz CT molecular complexity index is 705. The molecule has 0 saturated heterocycles. The van der Waals surface area contributed by atoms with Crippen LogP contribution in [0.15, 0.2) is 6.20 Å². The number of aryl methyl sites for hydroxylation is 1. The molecule has 9 heteroatoms. The lowest BCUT2D eigenvalue weighted by molar-refractivity contribution is -0.138. The van der Waals surface area contributed by atoms with Crippen molar-refractivity contribution in [1.29, 1.82) is 0 Å². The maximum atomic E-state index is 12.8. The summed E-state index contributed by atoms with van der Waals surface area (Å²) in [5.74, 6) is 0.322. The van der Waals surface area contributed by atoms with Gasteiger partial charge in [-0.1, -0.05) is 12.1 Å². The van der Waals surface area contributed by atoms with Crippen LogP contribution in [0.25, 0.3) is 0 Å². The number of likely N-dealkylation sites (N-methyl/N-ethyl adjacent to an activating group) is 1. The quantitative estimate of drug-likeness (QED) is 0.770. The fraction of sp³-hybridized carbons (Fsp3) is 0.800. The minimum absolute atomic E-state index is 0.00818. The molecule has 2 heterocycles. The Morgan fingerprint density at radius 2 is 2.21 bits per heavy atom. The highest BCUT2D eigenvalue weighted by atomic mass is 16.5. The molecule has 0 spiro atoms. The van der Waals surface area contributed by atoms with Crippen LogP contribution in [0, 0.1) is 11.8 Å². The molecule has 0 aromatic carbocycles. The molecule has 0 radical (unpaired) electrons. The van der Waals surface area contributed by atoms with Crippen LogP contribution in [0.5, 0.6) is 0 Å². The van der Waals surface area contributed by atoms with Crippen molar-refractivity contribution in [2.75, 3.05) is 26.7 Å². The molecular formula is C20H33N5O4. The zero-order valence-electron chi connectivity index (χ0n) is 17.7. The molecule has 3 atom stereocenters. The van der Waals surface area contributed by atoms with Crippen LogP contribution >= 0.6 is 0 Å². The van der Waals surface area contributed by atoms with E-state index in [1.807, 2.05) is 20.9 Å². The van der Waals surface area contributed by atoms with Gasteiger partial charge < -0.3 is 19.6 Å². The van der Waals surface area contributed by atoms with Gasteiger partial charge in [0, 0.05) is 44.9 Å². The van der Waals surface area contributed by atoms with Crippen LogP contribution in [0.2, 0.25) is 0 Å². The van der Waals surface area contributed by atoms with Gasteiger partial charge in [-0.25, -0.2) is 4.68 Å². The molecule has 1 aliphatic carbocycles. The number of ether oxygens (including phenoxy) is 1. The summed E-state index contributed by atoms with van der Waals surface area (Å²) in [7, 11) is 1.82. The number of nitrogens with zero attached hydrogens (tertiary/aromatic N) is 5. The Hall–Kier alpha value is -2.00. The van der Waals surface area contributed by atoms with E-state index in [0.29, 0.717) is 39.1 Å². The Kier molecular flexibility index (Phi) is 7.23. The Balaban J connectivity index is 1.79. The van der Waals surface area contributed by atoms with Gasteiger partial charge >= 0.3 is 0 Å². The summed E-state index contributed by atoms with van der Waals surface area (Å²) < 4.78 is 8.01. The van der Waals surface area contributed by atoms with E-state index in [1.165, 1.54) is 0 Å². The molecule has 1 aliphatic heterocycles. The highest BCUT2D eigenvalue weighted by Gasteiger charge is 2.34. The van der Waals surface area contributed by atoms with E-state index in [9.17, 15) is 14.7 Å². The summed E-state index contributed by atoms with van der Waals surface area (Å²) >= 11 is 0. The average molecular weight is 408 g/mol. The molecule has 1 aromatic rings. The molecule has 3 rings (SSSR count). The van der Waals surface area contributed by atoms with Crippen molar-refractivity contribution in [1.82, 2.24) is 24.8 Å². The van der Waals surface area contributed by atoms with Crippen molar-refractivity contribution in [3.05, 3.63) is 11.9 Å². The molecule has 1 saturated carbocycles. The number of aromatic nitrogens is 3. The summed E-state index contributed by atoms with van der Waals surface area (Å²) in [6, 6.07) is -0.263. The van der Waals surface area contributed by atoms with Gasteiger partial charge in [-0.3, -0.25) is 9.59 Å². The first-order chi connectivity index (χ1) is 13.9. The Morgan fingerprint density at radius 3 is 2.90 bits per heavy atom. The molecule has 9 nitrogen and oxygen atoms in total. The molecule has 2 aliphatic rings. The zero-order chi connectivity index (χ0) is 21.0. The molecular weight excluding hydrogens is 374 g/mol. The maximum absolute atomic E-state index is 12.8. The van der Waals surface area contributed by atoms with Gasteiger partial charge in [0.1, 0.15) is 0 Å². The molecule has 1 N–H and O–H groups in total. The van der Waals surface area contributed by atoms with Crippen molar-refractivity contribution in [2.24, 2.45) is 11.8 Å². The molecule has 29 heavy (non-hydrogen) atoms. The van der Waals surface area contributed by atoms with Gasteiger partial charge in [0.2, 0.25) is 11.8 Å². The topological polar surface area (TPSA) is 101 Å². The Labute approximate surface area is 172 Å².